The lowest BCUT2D eigenvalue weighted by Gasteiger charge is -2.08. The lowest BCUT2D eigenvalue weighted by molar-refractivity contribution is 0.415. The zero-order valence-electron chi connectivity index (χ0n) is 10.8. The van der Waals surface area contributed by atoms with Crippen LogP contribution in [-0.4, -0.2) is 24.4 Å². The number of rotatable bonds is 5. The number of hydrogen-bond donors (Lipinski definition) is 1. The van der Waals surface area contributed by atoms with Gasteiger partial charge in [0.05, 0.1) is 13.2 Å². The van der Waals surface area contributed by atoms with Crippen LogP contribution in [0.1, 0.15) is 24.4 Å². The highest BCUT2D eigenvalue weighted by Crippen LogP contribution is 2.28. The zero-order chi connectivity index (χ0) is 13.0. The molecule has 2 aromatic rings. The van der Waals surface area contributed by atoms with Crippen molar-refractivity contribution in [2.24, 2.45) is 0 Å². The van der Waals surface area contributed by atoms with Crippen molar-refractivity contribution in [2.45, 2.75) is 19.4 Å². The smallest absolute Gasteiger partial charge is 0.147 e. The molecule has 0 aliphatic rings. The molecule has 5 heteroatoms. The summed E-state index contributed by atoms with van der Waals surface area (Å²) in [6, 6.07) is 8.17. The van der Waals surface area contributed by atoms with E-state index in [1.807, 2.05) is 31.3 Å². The summed E-state index contributed by atoms with van der Waals surface area (Å²) in [6.45, 7) is 2.13. The van der Waals surface area contributed by atoms with Gasteiger partial charge in [0.2, 0.25) is 0 Å². The van der Waals surface area contributed by atoms with E-state index in [0.29, 0.717) is 0 Å². The van der Waals surface area contributed by atoms with Crippen LogP contribution in [0.4, 0.5) is 0 Å². The van der Waals surface area contributed by atoms with Gasteiger partial charge >= 0.3 is 0 Å². The summed E-state index contributed by atoms with van der Waals surface area (Å²) in [5.41, 5.74) is 1.07. The van der Waals surface area contributed by atoms with Crippen molar-refractivity contribution in [3.8, 4) is 16.3 Å². The Labute approximate surface area is 111 Å². The molecule has 1 unspecified atom stereocenters. The molecule has 0 saturated heterocycles. The van der Waals surface area contributed by atoms with E-state index in [0.717, 1.165) is 27.7 Å². The van der Waals surface area contributed by atoms with Crippen LogP contribution >= 0.6 is 11.3 Å². The van der Waals surface area contributed by atoms with Crippen LogP contribution in [-0.2, 0) is 0 Å². The number of nitrogens with zero attached hydrogens (tertiary/aromatic N) is 2. The standard InChI is InChI=1S/C13H17N3OS/c1-4-11(14-2)13-16-15-12(18-13)9-5-7-10(17-3)8-6-9/h5-8,11,14H,4H2,1-3H3. The number of aromatic nitrogens is 2. The van der Waals surface area contributed by atoms with Crippen molar-refractivity contribution in [3.63, 3.8) is 0 Å². The maximum absolute atomic E-state index is 5.14. The Morgan fingerprint density at radius 1 is 1.28 bits per heavy atom. The van der Waals surface area contributed by atoms with Crippen molar-refractivity contribution in [3.05, 3.63) is 29.3 Å². The average Bonchev–Trinajstić information content (AvgIpc) is 2.90. The van der Waals surface area contributed by atoms with Crippen LogP contribution in [0, 0.1) is 0 Å². The lowest BCUT2D eigenvalue weighted by atomic mass is 10.2. The lowest BCUT2D eigenvalue weighted by Crippen LogP contribution is -2.14. The molecule has 1 aromatic heterocycles. The molecule has 0 aliphatic heterocycles. The van der Waals surface area contributed by atoms with Gasteiger partial charge in [0.25, 0.3) is 0 Å². The highest BCUT2D eigenvalue weighted by atomic mass is 32.1. The monoisotopic (exact) mass is 263 g/mol. The Morgan fingerprint density at radius 3 is 2.56 bits per heavy atom. The van der Waals surface area contributed by atoms with E-state index in [9.17, 15) is 0 Å². The molecule has 0 saturated carbocycles. The number of ether oxygens (including phenoxy) is 1. The van der Waals surface area contributed by atoms with Gasteiger partial charge in [-0.05, 0) is 37.7 Å². The maximum Gasteiger partial charge on any atom is 0.147 e. The van der Waals surface area contributed by atoms with Gasteiger partial charge in [-0.15, -0.1) is 10.2 Å². The van der Waals surface area contributed by atoms with E-state index in [1.165, 1.54) is 0 Å². The molecule has 1 atom stereocenters. The predicted octanol–water partition coefficient (Wildman–Crippen LogP) is 2.88. The molecule has 0 fully saturated rings. The SMILES string of the molecule is CCC(NC)c1nnc(-c2ccc(OC)cc2)s1. The Morgan fingerprint density at radius 2 is 2.00 bits per heavy atom. The van der Waals surface area contributed by atoms with E-state index in [4.69, 9.17) is 4.74 Å². The molecule has 18 heavy (non-hydrogen) atoms. The molecule has 1 heterocycles. The van der Waals surface area contributed by atoms with Crippen LogP contribution in [0.3, 0.4) is 0 Å². The average molecular weight is 263 g/mol. The van der Waals surface area contributed by atoms with Crippen LogP contribution < -0.4 is 10.1 Å². The largest absolute Gasteiger partial charge is 0.497 e. The summed E-state index contributed by atoms with van der Waals surface area (Å²) in [6.07, 6.45) is 1.01. The van der Waals surface area contributed by atoms with Gasteiger partial charge in [-0.2, -0.15) is 0 Å². The van der Waals surface area contributed by atoms with Gasteiger partial charge in [0, 0.05) is 5.56 Å². The summed E-state index contributed by atoms with van der Waals surface area (Å²) >= 11 is 1.63. The Bertz CT molecular complexity index is 491. The fraction of sp³-hybridized carbons (Fsp3) is 0.385. The van der Waals surface area contributed by atoms with Gasteiger partial charge in [-0.3, -0.25) is 0 Å². The summed E-state index contributed by atoms with van der Waals surface area (Å²) in [5.74, 6) is 0.852. The highest BCUT2D eigenvalue weighted by molar-refractivity contribution is 7.14. The maximum atomic E-state index is 5.14. The second-order valence-electron chi connectivity index (χ2n) is 3.92. The van der Waals surface area contributed by atoms with Gasteiger partial charge < -0.3 is 10.1 Å². The minimum atomic E-state index is 0.287. The fourth-order valence-corrected chi connectivity index (χ4v) is 2.77. The number of benzene rings is 1. The summed E-state index contributed by atoms with van der Waals surface area (Å²) < 4.78 is 5.14. The molecule has 0 aliphatic carbocycles. The van der Waals surface area contributed by atoms with Crippen molar-refractivity contribution < 1.29 is 4.74 Å². The molecular formula is C13H17N3OS. The number of nitrogens with one attached hydrogen (secondary N) is 1. The molecule has 2 rings (SSSR count). The first-order valence-corrected chi connectivity index (χ1v) is 6.75. The van der Waals surface area contributed by atoms with Crippen LogP contribution in [0.5, 0.6) is 5.75 Å². The Kier molecular flexibility index (Phi) is 4.28. The fourth-order valence-electron chi connectivity index (χ4n) is 1.73. The van der Waals surface area contributed by atoms with E-state index >= 15 is 0 Å². The zero-order valence-corrected chi connectivity index (χ0v) is 11.6. The first kappa shape index (κ1) is 13.0. The van der Waals surface area contributed by atoms with Gasteiger partial charge in [-0.1, -0.05) is 18.3 Å². The third-order valence-electron chi connectivity index (χ3n) is 2.83. The summed E-state index contributed by atoms with van der Waals surface area (Å²) in [5, 5.41) is 13.7. The highest BCUT2D eigenvalue weighted by Gasteiger charge is 2.13. The van der Waals surface area contributed by atoms with Crippen molar-refractivity contribution >= 4 is 11.3 Å². The van der Waals surface area contributed by atoms with Gasteiger partial charge in [0.15, 0.2) is 0 Å². The van der Waals surface area contributed by atoms with E-state index < -0.39 is 0 Å². The molecule has 4 nitrogen and oxygen atoms in total. The molecular weight excluding hydrogens is 246 g/mol. The second-order valence-corrected chi connectivity index (χ2v) is 4.93. The summed E-state index contributed by atoms with van der Waals surface area (Å²) in [4.78, 5) is 0. The van der Waals surface area contributed by atoms with E-state index in [-0.39, 0.29) is 6.04 Å². The molecule has 1 aromatic carbocycles. The van der Waals surface area contributed by atoms with Crippen LogP contribution in [0.2, 0.25) is 0 Å². The normalized spacial score (nSPS) is 12.4. The second kappa shape index (κ2) is 5.93. The van der Waals surface area contributed by atoms with Crippen molar-refractivity contribution in [1.82, 2.24) is 15.5 Å². The molecule has 0 amide bonds. The van der Waals surface area contributed by atoms with Crippen molar-refractivity contribution in [2.75, 3.05) is 14.2 Å². The molecule has 0 radical (unpaired) electrons. The molecule has 1 N–H and O–H groups in total. The Hall–Kier alpha value is -1.46. The quantitative estimate of drug-likeness (QED) is 0.901. The topological polar surface area (TPSA) is 47.0 Å². The Balaban J connectivity index is 2.23. The van der Waals surface area contributed by atoms with Gasteiger partial charge in [0.1, 0.15) is 15.8 Å². The van der Waals surface area contributed by atoms with Crippen LogP contribution in [0.15, 0.2) is 24.3 Å². The summed E-state index contributed by atoms with van der Waals surface area (Å²) in [7, 11) is 3.61. The third-order valence-corrected chi connectivity index (χ3v) is 3.92. The van der Waals surface area contributed by atoms with E-state index in [2.05, 4.69) is 22.4 Å². The number of methoxy groups -OCH3 is 1. The predicted molar refractivity (Wildman–Crippen MR) is 74.0 cm³/mol. The first-order valence-electron chi connectivity index (χ1n) is 5.93. The minimum Gasteiger partial charge on any atom is -0.497 e. The molecule has 0 bridgehead atoms. The first-order chi connectivity index (χ1) is 8.78. The third kappa shape index (κ3) is 2.68. The molecule has 0 spiro atoms. The van der Waals surface area contributed by atoms with Crippen LogP contribution in [0.25, 0.3) is 10.6 Å². The number of hydrogen-bond acceptors (Lipinski definition) is 5. The molecule has 96 valence electrons. The van der Waals surface area contributed by atoms with E-state index in [1.54, 1.807) is 18.4 Å². The minimum absolute atomic E-state index is 0.287. The van der Waals surface area contributed by atoms with Gasteiger partial charge in [-0.25, -0.2) is 0 Å². The van der Waals surface area contributed by atoms with Crippen molar-refractivity contribution in [1.29, 1.82) is 0 Å².